The number of nitrogens with one attached hydrogen (secondary N) is 1. The molecule has 1 aliphatic heterocycles. The van der Waals surface area contributed by atoms with Crippen molar-refractivity contribution in [2.45, 2.75) is 17.7 Å². The average molecular weight is 389 g/mol. The van der Waals surface area contributed by atoms with Crippen LogP contribution in [0.3, 0.4) is 0 Å². The molecule has 0 atom stereocenters. The lowest BCUT2D eigenvalue weighted by Gasteiger charge is -2.31. The normalized spacial score (nSPS) is 16.0. The third-order valence-corrected chi connectivity index (χ3v) is 6.61. The molecule has 3 rings (SSSR count). The third kappa shape index (κ3) is 4.64. The van der Waals surface area contributed by atoms with E-state index >= 15 is 0 Å². The number of carbonyl (C=O) groups excluding carboxylic acids is 1. The molecule has 27 heavy (non-hydrogen) atoms. The minimum absolute atomic E-state index is 0.153. The lowest BCUT2D eigenvalue weighted by Crippen LogP contribution is -2.41. The quantitative estimate of drug-likeness (QED) is 0.815. The molecule has 1 saturated heterocycles. The first kappa shape index (κ1) is 19.3. The second-order valence-electron chi connectivity index (χ2n) is 6.48. The van der Waals surface area contributed by atoms with Crippen LogP contribution < -0.4 is 10.1 Å². The summed E-state index contributed by atoms with van der Waals surface area (Å²) in [6.45, 7) is 1.41. The van der Waals surface area contributed by atoms with Crippen molar-refractivity contribution in [2.24, 2.45) is 5.92 Å². The Labute approximate surface area is 159 Å². The van der Waals surface area contributed by atoms with Crippen LogP contribution in [0.25, 0.3) is 0 Å². The molecule has 144 valence electrons. The van der Waals surface area contributed by atoms with Crippen LogP contribution in [0.4, 0.5) is 0 Å². The number of sulfonamides is 1. The van der Waals surface area contributed by atoms with Crippen molar-refractivity contribution in [1.29, 1.82) is 0 Å². The minimum Gasteiger partial charge on any atom is -0.497 e. The van der Waals surface area contributed by atoms with Gasteiger partial charge in [-0.15, -0.1) is 0 Å². The van der Waals surface area contributed by atoms with Crippen molar-refractivity contribution in [3.8, 4) is 5.75 Å². The van der Waals surface area contributed by atoms with Gasteiger partial charge >= 0.3 is 0 Å². The number of nitrogens with zero attached hydrogens (tertiary/aromatic N) is 2. The van der Waals surface area contributed by atoms with Crippen LogP contribution in [-0.4, -0.2) is 50.4 Å². The van der Waals surface area contributed by atoms with Crippen LogP contribution in [0.15, 0.2) is 53.7 Å². The van der Waals surface area contributed by atoms with Crippen molar-refractivity contribution in [3.63, 3.8) is 0 Å². The van der Waals surface area contributed by atoms with Gasteiger partial charge in [0.15, 0.2) is 0 Å². The van der Waals surface area contributed by atoms with Gasteiger partial charge in [-0.05, 0) is 49.1 Å². The first-order valence-electron chi connectivity index (χ1n) is 8.83. The van der Waals surface area contributed by atoms with E-state index in [1.807, 2.05) is 0 Å². The molecule has 0 bridgehead atoms. The highest BCUT2D eigenvalue weighted by Gasteiger charge is 2.29. The maximum absolute atomic E-state index is 12.6. The van der Waals surface area contributed by atoms with Gasteiger partial charge in [-0.2, -0.15) is 4.31 Å². The van der Waals surface area contributed by atoms with Gasteiger partial charge in [0.1, 0.15) is 10.6 Å². The number of carbonyl (C=O) groups is 1. The zero-order valence-electron chi connectivity index (χ0n) is 15.2. The highest BCUT2D eigenvalue weighted by atomic mass is 32.2. The van der Waals surface area contributed by atoms with Crippen molar-refractivity contribution >= 4 is 15.9 Å². The number of amides is 1. The standard InChI is InChI=1S/C19H23N3O4S/c1-26-17-5-2-4-16(12-17)19(23)21-13-15-7-10-22(11-8-15)27(24,25)18-6-3-9-20-14-18/h2-6,9,12,14-15H,7-8,10-11,13H2,1H3,(H,21,23). The molecule has 1 N–H and O–H groups in total. The molecule has 0 spiro atoms. The van der Waals surface area contributed by atoms with Crippen LogP contribution in [0.1, 0.15) is 23.2 Å². The van der Waals surface area contributed by atoms with Crippen molar-refractivity contribution in [2.75, 3.05) is 26.7 Å². The Kier molecular flexibility index (Phi) is 6.08. The van der Waals surface area contributed by atoms with E-state index in [1.165, 1.54) is 10.5 Å². The molecular weight excluding hydrogens is 366 g/mol. The average Bonchev–Trinajstić information content (AvgIpc) is 2.73. The first-order chi connectivity index (χ1) is 13.0. The van der Waals surface area contributed by atoms with Gasteiger partial charge in [0.05, 0.1) is 7.11 Å². The van der Waals surface area contributed by atoms with Crippen molar-refractivity contribution < 1.29 is 17.9 Å². The Hall–Kier alpha value is -2.45. The van der Waals surface area contributed by atoms with E-state index in [1.54, 1.807) is 49.7 Å². The minimum atomic E-state index is -3.50. The number of benzene rings is 1. The highest BCUT2D eigenvalue weighted by Crippen LogP contribution is 2.23. The Bertz CT molecular complexity index is 879. The molecule has 1 aromatic carbocycles. The fraction of sp³-hybridized carbons (Fsp3) is 0.368. The number of hydrogen-bond acceptors (Lipinski definition) is 5. The molecule has 8 heteroatoms. The van der Waals surface area contributed by atoms with Gasteiger partial charge in [0.2, 0.25) is 10.0 Å². The Morgan fingerprint density at radius 1 is 1.26 bits per heavy atom. The van der Waals surface area contributed by atoms with Gasteiger partial charge in [-0.25, -0.2) is 8.42 Å². The second-order valence-corrected chi connectivity index (χ2v) is 8.42. The molecule has 2 aromatic rings. The first-order valence-corrected chi connectivity index (χ1v) is 10.3. The van der Waals surface area contributed by atoms with E-state index < -0.39 is 10.0 Å². The van der Waals surface area contributed by atoms with Crippen LogP contribution in [-0.2, 0) is 10.0 Å². The number of hydrogen-bond donors (Lipinski definition) is 1. The third-order valence-electron chi connectivity index (χ3n) is 4.73. The maximum Gasteiger partial charge on any atom is 0.251 e. The predicted octanol–water partition coefficient (Wildman–Crippen LogP) is 1.92. The number of pyridine rings is 1. The Morgan fingerprint density at radius 3 is 2.70 bits per heavy atom. The summed E-state index contributed by atoms with van der Waals surface area (Å²) < 4.78 is 31.8. The van der Waals surface area contributed by atoms with Crippen molar-refractivity contribution in [1.82, 2.24) is 14.6 Å². The summed E-state index contributed by atoms with van der Waals surface area (Å²) in [5.74, 6) is 0.732. The van der Waals surface area contributed by atoms with Crippen LogP contribution >= 0.6 is 0 Å². The van der Waals surface area contributed by atoms with E-state index in [9.17, 15) is 13.2 Å². The molecule has 0 unspecified atom stereocenters. The number of methoxy groups -OCH3 is 1. The molecule has 1 aromatic heterocycles. The van der Waals surface area contributed by atoms with Gasteiger partial charge in [-0.3, -0.25) is 9.78 Å². The summed E-state index contributed by atoms with van der Waals surface area (Å²) >= 11 is 0. The molecular formula is C19H23N3O4S. The van der Waals surface area contributed by atoms with Gasteiger partial charge in [-0.1, -0.05) is 6.07 Å². The van der Waals surface area contributed by atoms with Crippen LogP contribution in [0.2, 0.25) is 0 Å². The Morgan fingerprint density at radius 2 is 2.04 bits per heavy atom. The van der Waals surface area contributed by atoms with E-state index in [2.05, 4.69) is 10.3 Å². The zero-order valence-corrected chi connectivity index (χ0v) is 16.0. The highest BCUT2D eigenvalue weighted by molar-refractivity contribution is 7.89. The van der Waals surface area contributed by atoms with E-state index in [4.69, 9.17) is 4.74 Å². The molecule has 0 aliphatic carbocycles. The zero-order chi connectivity index (χ0) is 19.3. The SMILES string of the molecule is COc1cccc(C(=O)NCC2CCN(S(=O)(=O)c3cccnc3)CC2)c1. The number of piperidine rings is 1. The van der Waals surface area contributed by atoms with Crippen LogP contribution in [0, 0.1) is 5.92 Å². The molecule has 1 aliphatic rings. The van der Waals surface area contributed by atoms with Gasteiger partial charge in [0, 0.05) is 37.6 Å². The lowest BCUT2D eigenvalue weighted by molar-refractivity contribution is 0.0941. The lowest BCUT2D eigenvalue weighted by atomic mass is 9.98. The summed E-state index contributed by atoms with van der Waals surface area (Å²) in [5.41, 5.74) is 0.547. The summed E-state index contributed by atoms with van der Waals surface area (Å²) in [4.78, 5) is 16.4. The molecule has 2 heterocycles. The van der Waals surface area contributed by atoms with Crippen molar-refractivity contribution in [3.05, 3.63) is 54.4 Å². The van der Waals surface area contributed by atoms with Crippen LogP contribution in [0.5, 0.6) is 5.75 Å². The second kappa shape index (κ2) is 8.49. The molecule has 7 nitrogen and oxygen atoms in total. The van der Waals surface area contributed by atoms with Gasteiger partial charge in [0.25, 0.3) is 5.91 Å². The van der Waals surface area contributed by atoms with E-state index in [0.717, 1.165) is 0 Å². The largest absolute Gasteiger partial charge is 0.497 e. The van der Waals surface area contributed by atoms with E-state index in [0.29, 0.717) is 43.8 Å². The smallest absolute Gasteiger partial charge is 0.251 e. The summed E-state index contributed by atoms with van der Waals surface area (Å²) in [7, 11) is -1.94. The monoisotopic (exact) mass is 389 g/mol. The van der Waals surface area contributed by atoms with E-state index in [-0.39, 0.29) is 16.7 Å². The fourth-order valence-electron chi connectivity index (χ4n) is 3.11. The molecule has 1 amide bonds. The number of aromatic nitrogens is 1. The molecule has 0 saturated carbocycles. The fourth-order valence-corrected chi connectivity index (χ4v) is 4.54. The van der Waals surface area contributed by atoms with Gasteiger partial charge < -0.3 is 10.1 Å². The number of rotatable bonds is 6. The summed E-state index contributed by atoms with van der Waals surface area (Å²) in [5, 5.41) is 2.93. The molecule has 0 radical (unpaired) electrons. The summed E-state index contributed by atoms with van der Waals surface area (Å²) in [6, 6.07) is 10.2. The summed E-state index contributed by atoms with van der Waals surface area (Å²) in [6.07, 6.45) is 4.34. The number of ether oxygens (including phenoxy) is 1. The predicted molar refractivity (Wildman–Crippen MR) is 101 cm³/mol. The maximum atomic E-state index is 12.6. The Balaban J connectivity index is 1.52. The molecule has 1 fully saturated rings. The topological polar surface area (TPSA) is 88.6 Å².